The summed E-state index contributed by atoms with van der Waals surface area (Å²) in [7, 11) is 3.11. The predicted molar refractivity (Wildman–Crippen MR) is 129 cm³/mol. The van der Waals surface area contributed by atoms with E-state index in [1.165, 1.54) is 18.4 Å². The Morgan fingerprint density at radius 1 is 0.939 bits per heavy atom. The molecule has 1 N–H and O–H groups in total. The average molecular weight is 470 g/mol. The number of hydrogen-bond donors (Lipinski definition) is 1. The maximum atomic E-state index is 12.8. The zero-order valence-electron chi connectivity index (χ0n) is 19.1. The highest BCUT2D eigenvalue weighted by molar-refractivity contribution is 7.15. The minimum Gasteiger partial charge on any atom is -0.497 e. The highest BCUT2D eigenvalue weighted by Gasteiger charge is 2.23. The van der Waals surface area contributed by atoms with Gasteiger partial charge in [0.1, 0.15) is 27.8 Å². The molecule has 0 fully saturated rings. The third-order valence-electron chi connectivity index (χ3n) is 4.85. The van der Waals surface area contributed by atoms with E-state index in [1.54, 1.807) is 32.2 Å². The topological polar surface area (TPSA) is 83.1 Å². The molecular weight excluding hydrogens is 442 g/mol. The average Bonchev–Trinajstić information content (AvgIpc) is 3.23. The number of carbonyl (C=O) groups excluding carboxylic acids is 2. The first-order chi connectivity index (χ1) is 16.0. The fraction of sp³-hybridized carbons (Fsp3) is 0.280. The van der Waals surface area contributed by atoms with Crippen LogP contribution in [0, 0.1) is 0 Å². The van der Waals surface area contributed by atoms with Gasteiger partial charge >= 0.3 is 5.97 Å². The summed E-state index contributed by atoms with van der Waals surface area (Å²) in [4.78, 5) is 25.6. The Morgan fingerprint density at radius 3 is 2.30 bits per heavy atom. The van der Waals surface area contributed by atoms with E-state index >= 15 is 0 Å². The summed E-state index contributed by atoms with van der Waals surface area (Å²) >= 11 is 1.28. The molecule has 8 heteroatoms. The summed E-state index contributed by atoms with van der Waals surface area (Å²) in [6.07, 6.45) is 0.0751. The Bertz CT molecular complexity index is 1110. The first-order valence-electron chi connectivity index (χ1n) is 10.5. The largest absolute Gasteiger partial charge is 0.497 e. The normalized spacial score (nSPS) is 10.4. The number of thiophene rings is 1. The molecular formula is C25H27NO6S. The van der Waals surface area contributed by atoms with E-state index in [1.807, 2.05) is 36.6 Å². The lowest BCUT2D eigenvalue weighted by Crippen LogP contribution is -2.17. The summed E-state index contributed by atoms with van der Waals surface area (Å²) in [5.41, 5.74) is 2.56. The molecule has 1 amide bonds. The number of amides is 1. The molecule has 3 rings (SSSR count). The highest BCUT2D eigenvalue weighted by atomic mass is 32.1. The van der Waals surface area contributed by atoms with Crippen molar-refractivity contribution in [1.29, 1.82) is 0 Å². The molecule has 0 spiro atoms. The summed E-state index contributed by atoms with van der Waals surface area (Å²) in [5, 5.41) is 5.15. The Balaban J connectivity index is 1.87. The Kier molecular flexibility index (Phi) is 8.32. The molecule has 0 aliphatic rings. The van der Waals surface area contributed by atoms with Crippen molar-refractivity contribution in [3.05, 3.63) is 59.0 Å². The Hall–Kier alpha value is -3.52. The zero-order chi connectivity index (χ0) is 23.8. The van der Waals surface area contributed by atoms with Crippen LogP contribution in [0.3, 0.4) is 0 Å². The van der Waals surface area contributed by atoms with Crippen molar-refractivity contribution in [1.82, 2.24) is 0 Å². The van der Waals surface area contributed by atoms with Crippen molar-refractivity contribution < 1.29 is 28.5 Å². The zero-order valence-corrected chi connectivity index (χ0v) is 19.9. The molecule has 174 valence electrons. The number of hydrogen-bond acceptors (Lipinski definition) is 7. The van der Waals surface area contributed by atoms with Gasteiger partial charge in [0.2, 0.25) is 5.91 Å². The molecule has 0 unspecified atom stereocenters. The number of rotatable bonds is 10. The van der Waals surface area contributed by atoms with Crippen molar-refractivity contribution in [2.45, 2.75) is 20.3 Å². The summed E-state index contributed by atoms with van der Waals surface area (Å²) in [5.74, 6) is 1.18. The van der Waals surface area contributed by atoms with Crippen LogP contribution < -0.4 is 19.5 Å². The monoisotopic (exact) mass is 469 g/mol. The van der Waals surface area contributed by atoms with E-state index in [2.05, 4.69) is 5.32 Å². The van der Waals surface area contributed by atoms with Crippen molar-refractivity contribution in [2.24, 2.45) is 0 Å². The van der Waals surface area contributed by atoms with Gasteiger partial charge in [-0.15, -0.1) is 11.3 Å². The van der Waals surface area contributed by atoms with Gasteiger partial charge in [-0.2, -0.15) is 0 Å². The molecule has 1 heterocycles. The molecule has 3 aromatic rings. The van der Waals surface area contributed by atoms with Gasteiger partial charge in [-0.3, -0.25) is 4.79 Å². The standard InChI is InChI=1S/C25H27NO6S/c1-5-31-18-10-7-16(8-11-18)20-15-33-24(23(20)25(28)32-6-2)26-22(27)13-17-9-12-19(29-3)14-21(17)30-4/h7-12,14-15H,5-6,13H2,1-4H3,(H,26,27). The van der Waals surface area contributed by atoms with Gasteiger partial charge in [0.05, 0.1) is 33.9 Å². The van der Waals surface area contributed by atoms with Gasteiger partial charge in [0, 0.05) is 22.6 Å². The summed E-state index contributed by atoms with van der Waals surface area (Å²) < 4.78 is 21.4. The SMILES string of the molecule is CCOC(=O)c1c(-c2ccc(OCC)cc2)csc1NC(=O)Cc1ccc(OC)cc1OC. The maximum absolute atomic E-state index is 12.8. The first-order valence-corrected chi connectivity index (χ1v) is 11.4. The lowest BCUT2D eigenvalue weighted by atomic mass is 10.0. The molecule has 2 aromatic carbocycles. The second-order valence-electron chi connectivity index (χ2n) is 6.93. The van der Waals surface area contributed by atoms with E-state index in [0.717, 1.165) is 11.3 Å². The van der Waals surface area contributed by atoms with Crippen LogP contribution in [0.2, 0.25) is 0 Å². The molecule has 0 radical (unpaired) electrons. The van der Waals surface area contributed by atoms with Gasteiger partial charge in [-0.05, 0) is 37.6 Å². The van der Waals surface area contributed by atoms with Crippen LogP contribution >= 0.6 is 11.3 Å². The Labute approximate surface area is 197 Å². The lowest BCUT2D eigenvalue weighted by molar-refractivity contribution is -0.115. The first kappa shape index (κ1) is 24.1. The molecule has 33 heavy (non-hydrogen) atoms. The van der Waals surface area contributed by atoms with E-state index in [4.69, 9.17) is 18.9 Å². The number of methoxy groups -OCH3 is 2. The van der Waals surface area contributed by atoms with E-state index in [0.29, 0.717) is 39.8 Å². The second-order valence-corrected chi connectivity index (χ2v) is 7.81. The molecule has 0 aliphatic carbocycles. The van der Waals surface area contributed by atoms with Crippen LogP contribution in [0.5, 0.6) is 17.2 Å². The molecule has 0 saturated carbocycles. The van der Waals surface area contributed by atoms with Gasteiger partial charge in [-0.25, -0.2) is 4.79 Å². The van der Waals surface area contributed by atoms with Gasteiger partial charge in [-0.1, -0.05) is 18.2 Å². The van der Waals surface area contributed by atoms with Crippen LogP contribution in [-0.4, -0.2) is 39.3 Å². The van der Waals surface area contributed by atoms with Crippen LogP contribution in [0.4, 0.5) is 5.00 Å². The third kappa shape index (κ3) is 5.84. The van der Waals surface area contributed by atoms with Gasteiger partial charge in [0.15, 0.2) is 0 Å². The quantitative estimate of drug-likeness (QED) is 0.412. The second kappa shape index (κ2) is 11.4. The minimum absolute atomic E-state index is 0.0751. The predicted octanol–water partition coefficient (Wildman–Crippen LogP) is 5.19. The molecule has 0 atom stereocenters. The molecule has 0 bridgehead atoms. The van der Waals surface area contributed by atoms with Crippen molar-refractivity contribution in [3.63, 3.8) is 0 Å². The lowest BCUT2D eigenvalue weighted by Gasteiger charge is -2.11. The van der Waals surface area contributed by atoms with Crippen molar-refractivity contribution in [3.8, 4) is 28.4 Å². The number of anilines is 1. The number of esters is 1. The third-order valence-corrected chi connectivity index (χ3v) is 5.74. The van der Waals surface area contributed by atoms with Crippen LogP contribution in [-0.2, 0) is 16.0 Å². The number of ether oxygens (including phenoxy) is 4. The molecule has 1 aromatic heterocycles. The number of benzene rings is 2. The van der Waals surface area contributed by atoms with Gasteiger partial charge < -0.3 is 24.3 Å². The maximum Gasteiger partial charge on any atom is 0.341 e. The molecule has 0 saturated heterocycles. The summed E-state index contributed by atoms with van der Waals surface area (Å²) in [6, 6.07) is 12.7. The van der Waals surface area contributed by atoms with E-state index in [-0.39, 0.29) is 18.9 Å². The van der Waals surface area contributed by atoms with E-state index < -0.39 is 5.97 Å². The number of nitrogens with one attached hydrogen (secondary N) is 1. The fourth-order valence-electron chi connectivity index (χ4n) is 3.31. The smallest absolute Gasteiger partial charge is 0.341 e. The highest BCUT2D eigenvalue weighted by Crippen LogP contribution is 2.37. The Morgan fingerprint density at radius 2 is 1.67 bits per heavy atom. The van der Waals surface area contributed by atoms with Crippen LogP contribution in [0.25, 0.3) is 11.1 Å². The fourth-order valence-corrected chi connectivity index (χ4v) is 4.28. The molecule has 0 aliphatic heterocycles. The van der Waals surface area contributed by atoms with E-state index in [9.17, 15) is 9.59 Å². The van der Waals surface area contributed by atoms with Crippen LogP contribution in [0.1, 0.15) is 29.8 Å². The molecule has 7 nitrogen and oxygen atoms in total. The van der Waals surface area contributed by atoms with Crippen molar-refractivity contribution in [2.75, 3.05) is 32.8 Å². The summed E-state index contributed by atoms with van der Waals surface area (Å²) in [6.45, 7) is 4.46. The van der Waals surface area contributed by atoms with Crippen LogP contribution in [0.15, 0.2) is 47.8 Å². The van der Waals surface area contributed by atoms with Crippen molar-refractivity contribution >= 4 is 28.2 Å². The minimum atomic E-state index is -0.486. The number of carbonyl (C=O) groups is 2. The van der Waals surface area contributed by atoms with Gasteiger partial charge in [0.25, 0.3) is 0 Å².